The van der Waals surface area contributed by atoms with E-state index in [-0.39, 0.29) is 10.9 Å². The molecule has 0 amide bonds. The van der Waals surface area contributed by atoms with Gasteiger partial charge in [-0.25, -0.2) is 0 Å². The van der Waals surface area contributed by atoms with Crippen molar-refractivity contribution in [1.29, 1.82) is 0 Å². The normalized spacial score (nSPS) is 10.5. The summed E-state index contributed by atoms with van der Waals surface area (Å²) in [7, 11) is 1.45. The van der Waals surface area contributed by atoms with Gasteiger partial charge < -0.3 is 15.6 Å². The number of phenols is 1. The second kappa shape index (κ2) is 6.22. The number of rotatable bonds is 3. The molecule has 0 aliphatic rings. The van der Waals surface area contributed by atoms with Gasteiger partial charge in [0.25, 0.3) is 0 Å². The van der Waals surface area contributed by atoms with E-state index in [1.807, 2.05) is 22.6 Å². The van der Waals surface area contributed by atoms with Crippen molar-refractivity contribution >= 4 is 57.7 Å². The molecular weight excluding hydrogens is 377 g/mol. The molecule has 1 aromatic carbocycles. The van der Waals surface area contributed by atoms with Crippen LogP contribution in [0.1, 0.15) is 5.56 Å². The summed E-state index contributed by atoms with van der Waals surface area (Å²) in [6.45, 7) is 0. The third-order valence-corrected chi connectivity index (χ3v) is 3.64. The van der Waals surface area contributed by atoms with Gasteiger partial charge in [0, 0.05) is 5.56 Å². The third-order valence-electron chi connectivity index (χ3n) is 1.77. The molecule has 0 radical (unpaired) electrons. The predicted molar refractivity (Wildman–Crippen MR) is 79.9 cm³/mol. The number of benzene rings is 1. The number of phenolic OH excluding ortho intramolecular Hbond substituents is 1. The van der Waals surface area contributed by atoms with Gasteiger partial charge in [-0.05, 0) is 40.9 Å². The van der Waals surface area contributed by atoms with E-state index in [0.29, 0.717) is 19.9 Å². The van der Waals surface area contributed by atoms with Crippen molar-refractivity contribution in [2.24, 2.45) is 10.8 Å². The first-order chi connectivity index (χ1) is 7.97. The van der Waals surface area contributed by atoms with E-state index >= 15 is 0 Å². The molecule has 0 unspecified atom stereocenters. The number of thiocarbonyl (C=S) groups is 1. The molecule has 0 bridgehead atoms. The van der Waals surface area contributed by atoms with Crippen molar-refractivity contribution in [1.82, 2.24) is 5.43 Å². The molecule has 0 aliphatic heterocycles. The van der Waals surface area contributed by atoms with Gasteiger partial charge in [0.05, 0.1) is 21.9 Å². The smallest absolute Gasteiger partial charge is 0.184 e. The highest BCUT2D eigenvalue weighted by atomic mass is 127. The van der Waals surface area contributed by atoms with Crippen molar-refractivity contribution in [3.63, 3.8) is 0 Å². The fourth-order valence-corrected chi connectivity index (χ4v) is 1.85. The summed E-state index contributed by atoms with van der Waals surface area (Å²) in [5, 5.41) is 13.9. The molecule has 8 heteroatoms. The van der Waals surface area contributed by atoms with Crippen molar-refractivity contribution in [2.75, 3.05) is 7.11 Å². The van der Waals surface area contributed by atoms with Gasteiger partial charge in [-0.1, -0.05) is 11.6 Å². The summed E-state index contributed by atoms with van der Waals surface area (Å²) in [5.41, 5.74) is 8.20. The highest BCUT2D eigenvalue weighted by Crippen LogP contribution is 2.37. The standard InChI is InChI=1S/C9H9ClIN3O2S/c1-16-5-2-4(3-13-14-9(12)17)6(10)7(11)8(5)15/h2-3,15H,1H3,(H3,12,14,17)/b13-3-. The number of halogens is 2. The van der Waals surface area contributed by atoms with Crippen molar-refractivity contribution in [3.05, 3.63) is 20.2 Å². The van der Waals surface area contributed by atoms with Crippen LogP contribution in [0.15, 0.2) is 11.2 Å². The molecule has 0 saturated heterocycles. The lowest BCUT2D eigenvalue weighted by atomic mass is 10.2. The first kappa shape index (κ1) is 14.3. The molecule has 0 saturated carbocycles. The lowest BCUT2D eigenvalue weighted by molar-refractivity contribution is 0.371. The minimum Gasteiger partial charge on any atom is -0.503 e. The molecule has 92 valence electrons. The molecule has 17 heavy (non-hydrogen) atoms. The molecule has 0 aromatic heterocycles. The predicted octanol–water partition coefficient (Wildman–Crippen LogP) is 1.83. The van der Waals surface area contributed by atoms with Crippen LogP contribution in [0.5, 0.6) is 11.5 Å². The first-order valence-corrected chi connectivity index (χ1v) is 6.17. The summed E-state index contributed by atoms with van der Waals surface area (Å²) in [5.74, 6) is 0.313. The Morgan fingerprint density at radius 3 is 2.94 bits per heavy atom. The summed E-state index contributed by atoms with van der Waals surface area (Å²) >= 11 is 12.5. The maximum Gasteiger partial charge on any atom is 0.184 e. The lowest BCUT2D eigenvalue weighted by Gasteiger charge is -2.09. The Balaban J connectivity index is 3.12. The molecule has 1 aromatic rings. The highest BCUT2D eigenvalue weighted by molar-refractivity contribution is 14.1. The zero-order valence-electron chi connectivity index (χ0n) is 8.70. The van der Waals surface area contributed by atoms with Crippen LogP contribution in [0, 0.1) is 3.57 Å². The Morgan fingerprint density at radius 1 is 1.76 bits per heavy atom. The second-order valence-electron chi connectivity index (χ2n) is 2.88. The van der Waals surface area contributed by atoms with E-state index in [1.165, 1.54) is 13.3 Å². The van der Waals surface area contributed by atoms with Crippen LogP contribution in [-0.4, -0.2) is 23.5 Å². The number of nitrogens with zero attached hydrogens (tertiary/aromatic N) is 1. The van der Waals surface area contributed by atoms with Crippen LogP contribution in [-0.2, 0) is 0 Å². The van der Waals surface area contributed by atoms with E-state index in [1.54, 1.807) is 6.07 Å². The molecule has 0 atom stereocenters. The molecule has 5 nitrogen and oxygen atoms in total. The molecule has 0 heterocycles. The van der Waals surface area contributed by atoms with Crippen molar-refractivity contribution in [2.45, 2.75) is 0 Å². The number of methoxy groups -OCH3 is 1. The van der Waals surface area contributed by atoms with Gasteiger partial charge >= 0.3 is 0 Å². The zero-order chi connectivity index (χ0) is 13.0. The number of hydrogen-bond acceptors (Lipinski definition) is 4. The van der Waals surface area contributed by atoms with Crippen molar-refractivity contribution < 1.29 is 9.84 Å². The summed E-state index contributed by atoms with van der Waals surface area (Å²) in [4.78, 5) is 0. The lowest BCUT2D eigenvalue weighted by Crippen LogP contribution is -2.24. The molecule has 0 aliphatic carbocycles. The highest BCUT2D eigenvalue weighted by Gasteiger charge is 2.13. The SMILES string of the molecule is COc1cc(/C=N\NC(N)=S)c(Cl)c(I)c1O. The minimum absolute atomic E-state index is 0.00226. The molecule has 0 spiro atoms. The van der Waals surface area contributed by atoms with E-state index in [0.717, 1.165) is 0 Å². The monoisotopic (exact) mass is 385 g/mol. The number of nitrogens with two attached hydrogens (primary N) is 1. The van der Waals surface area contributed by atoms with Crippen LogP contribution >= 0.6 is 46.4 Å². The van der Waals surface area contributed by atoms with Gasteiger partial charge in [-0.15, -0.1) is 0 Å². The quantitative estimate of drug-likeness (QED) is 0.320. The molecule has 0 fully saturated rings. The Morgan fingerprint density at radius 2 is 2.41 bits per heavy atom. The van der Waals surface area contributed by atoms with E-state index in [2.05, 4.69) is 22.7 Å². The molecular formula is C9H9ClIN3O2S. The number of hydrogen-bond donors (Lipinski definition) is 3. The topological polar surface area (TPSA) is 79.9 Å². The fourth-order valence-electron chi connectivity index (χ4n) is 1.03. The second-order valence-corrected chi connectivity index (χ2v) is 4.78. The summed E-state index contributed by atoms with van der Waals surface area (Å²) in [6, 6.07) is 1.56. The number of nitrogens with one attached hydrogen (secondary N) is 1. The Labute approximate surface area is 122 Å². The van der Waals surface area contributed by atoms with Crippen LogP contribution in [0.25, 0.3) is 0 Å². The van der Waals surface area contributed by atoms with Gasteiger partial charge in [0.2, 0.25) is 0 Å². The average Bonchev–Trinajstić information content (AvgIpc) is 2.29. The number of aromatic hydroxyl groups is 1. The summed E-state index contributed by atoms with van der Waals surface area (Å²) < 4.78 is 5.49. The van der Waals surface area contributed by atoms with Crippen molar-refractivity contribution in [3.8, 4) is 11.5 Å². The molecule has 4 N–H and O–H groups in total. The Kier molecular flexibility index (Phi) is 5.22. The van der Waals surface area contributed by atoms with Gasteiger partial charge in [0.15, 0.2) is 16.6 Å². The number of ether oxygens (including phenoxy) is 1. The van der Waals surface area contributed by atoms with Crippen LogP contribution in [0.4, 0.5) is 0 Å². The van der Waals surface area contributed by atoms with E-state index in [4.69, 9.17) is 22.1 Å². The first-order valence-electron chi connectivity index (χ1n) is 4.30. The fraction of sp³-hybridized carbons (Fsp3) is 0.111. The largest absolute Gasteiger partial charge is 0.503 e. The number of hydrazone groups is 1. The zero-order valence-corrected chi connectivity index (χ0v) is 12.4. The average molecular weight is 386 g/mol. The van der Waals surface area contributed by atoms with Crippen LogP contribution < -0.4 is 15.9 Å². The van der Waals surface area contributed by atoms with Crippen LogP contribution in [0.2, 0.25) is 5.02 Å². The van der Waals surface area contributed by atoms with Gasteiger partial charge in [-0.2, -0.15) is 5.10 Å². The Hall–Kier alpha value is -0.800. The minimum atomic E-state index is -0.00226. The molecule has 1 rings (SSSR count). The van der Waals surface area contributed by atoms with E-state index < -0.39 is 0 Å². The van der Waals surface area contributed by atoms with Crippen LogP contribution in [0.3, 0.4) is 0 Å². The summed E-state index contributed by atoms with van der Waals surface area (Å²) in [6.07, 6.45) is 1.44. The van der Waals surface area contributed by atoms with E-state index in [9.17, 15) is 5.11 Å². The maximum atomic E-state index is 9.70. The third kappa shape index (κ3) is 3.58. The van der Waals surface area contributed by atoms with Gasteiger partial charge in [0.1, 0.15) is 0 Å². The van der Waals surface area contributed by atoms with Gasteiger partial charge in [-0.3, -0.25) is 5.43 Å². The Bertz CT molecular complexity index is 482. The maximum absolute atomic E-state index is 9.70.